The predicted octanol–water partition coefficient (Wildman–Crippen LogP) is 2.92. The highest BCUT2D eigenvalue weighted by atomic mass is 32.2. The highest BCUT2D eigenvalue weighted by Crippen LogP contribution is 2.33. The Morgan fingerprint density at radius 3 is 2.50 bits per heavy atom. The molecule has 0 radical (unpaired) electrons. The van der Waals surface area contributed by atoms with Gasteiger partial charge in [0.1, 0.15) is 17.5 Å². The topological polar surface area (TPSA) is 162 Å². The first kappa shape index (κ1) is 26.3. The minimum atomic E-state index is -3.65. The molecule has 3 aromatic rings. The van der Waals surface area contributed by atoms with Gasteiger partial charge >= 0.3 is 0 Å². The van der Waals surface area contributed by atoms with E-state index < -0.39 is 15.9 Å². The average molecular weight is 511 g/mol. The van der Waals surface area contributed by atoms with Gasteiger partial charge in [-0.05, 0) is 39.0 Å². The molecule has 3 N–H and O–H groups in total. The number of sulfonamides is 1. The zero-order valence-electron chi connectivity index (χ0n) is 20.4. The van der Waals surface area contributed by atoms with E-state index in [2.05, 4.69) is 31.1 Å². The van der Waals surface area contributed by atoms with E-state index in [0.29, 0.717) is 28.8 Å². The largest absolute Gasteiger partial charge is 0.353 e. The summed E-state index contributed by atoms with van der Waals surface area (Å²) in [4.78, 5) is 30.7. The number of nitrogens with zero attached hydrogens (tertiary/aromatic N) is 5. The van der Waals surface area contributed by atoms with Crippen LogP contribution in [0.3, 0.4) is 0 Å². The van der Waals surface area contributed by atoms with Crippen molar-refractivity contribution in [1.29, 1.82) is 5.26 Å². The number of hydrogen-bond acceptors (Lipinski definition) is 10. The Hall–Kier alpha value is -4.28. The lowest BCUT2D eigenvalue weighted by Crippen LogP contribution is -2.26. The molecule has 2 heterocycles. The van der Waals surface area contributed by atoms with E-state index in [-0.39, 0.29) is 23.4 Å². The minimum absolute atomic E-state index is 0.140. The summed E-state index contributed by atoms with van der Waals surface area (Å²) < 4.78 is 25.5. The summed E-state index contributed by atoms with van der Waals surface area (Å²) in [6, 6.07) is 9.86. The van der Waals surface area contributed by atoms with Crippen LogP contribution in [0.25, 0.3) is 0 Å². The van der Waals surface area contributed by atoms with E-state index in [1.807, 2.05) is 13.0 Å². The maximum absolute atomic E-state index is 12.7. The van der Waals surface area contributed by atoms with Crippen LogP contribution in [-0.2, 0) is 14.9 Å². The van der Waals surface area contributed by atoms with Gasteiger partial charge in [0.05, 0.1) is 47.1 Å². The summed E-state index contributed by atoms with van der Waals surface area (Å²) in [7, 11) is -2.27. The van der Waals surface area contributed by atoms with Crippen LogP contribution >= 0.6 is 0 Å². The number of rotatable bonds is 9. The second-order valence-electron chi connectivity index (χ2n) is 7.75. The van der Waals surface area contributed by atoms with Gasteiger partial charge in [-0.3, -0.25) is 13.9 Å². The fraction of sp³-hybridized carbons (Fsp3) is 0.261. The maximum atomic E-state index is 12.7. The monoisotopic (exact) mass is 510 g/mol. The molecule has 12 nitrogen and oxygen atoms in total. The minimum Gasteiger partial charge on any atom is -0.353 e. The molecule has 36 heavy (non-hydrogen) atoms. The Balaban J connectivity index is 2.08. The van der Waals surface area contributed by atoms with Crippen molar-refractivity contribution >= 4 is 44.6 Å². The van der Waals surface area contributed by atoms with Gasteiger partial charge in [-0.2, -0.15) is 5.26 Å². The van der Waals surface area contributed by atoms with Crippen LogP contribution in [0.1, 0.15) is 34.4 Å². The van der Waals surface area contributed by atoms with E-state index >= 15 is 0 Å². The van der Waals surface area contributed by atoms with E-state index in [1.54, 1.807) is 32.0 Å². The van der Waals surface area contributed by atoms with Gasteiger partial charge in [-0.25, -0.2) is 28.8 Å². The van der Waals surface area contributed by atoms with Crippen molar-refractivity contribution in [2.75, 3.05) is 34.8 Å². The van der Waals surface area contributed by atoms with Crippen LogP contribution in [0.5, 0.6) is 0 Å². The summed E-state index contributed by atoms with van der Waals surface area (Å²) in [6.45, 7) is 5.59. The van der Waals surface area contributed by atoms with Gasteiger partial charge in [-0.15, -0.1) is 0 Å². The Bertz CT molecular complexity index is 1420. The molecule has 188 valence electrons. The first-order valence-electron chi connectivity index (χ1n) is 10.8. The SMILES string of the molecule is CCONC(=O)c1cnc(Nc2cc(C)nc(C)n2)cc1Nc1ccc(C#N)cc1N(C)S(C)(=O)=O. The molecule has 0 saturated carbocycles. The average Bonchev–Trinajstić information content (AvgIpc) is 2.81. The van der Waals surface area contributed by atoms with Crippen molar-refractivity contribution in [3.63, 3.8) is 0 Å². The second kappa shape index (κ2) is 11.0. The van der Waals surface area contributed by atoms with Crippen molar-refractivity contribution in [3.8, 4) is 6.07 Å². The molecule has 1 aromatic carbocycles. The highest BCUT2D eigenvalue weighted by molar-refractivity contribution is 7.92. The predicted molar refractivity (Wildman–Crippen MR) is 136 cm³/mol. The van der Waals surface area contributed by atoms with Crippen molar-refractivity contribution in [1.82, 2.24) is 20.4 Å². The Morgan fingerprint density at radius 2 is 1.86 bits per heavy atom. The standard InChI is InChI=1S/C23H26N8O4S/c1-6-35-30-23(32)17-13-25-21(29-22-9-14(2)26-15(3)27-22)11-19(17)28-18-8-7-16(12-24)10-20(18)31(4)36(5,33)34/h7-11,13H,6H2,1-5H3,(H,30,32)(H2,25,26,27,28,29). The zero-order valence-corrected chi connectivity index (χ0v) is 21.3. The number of carbonyl (C=O) groups is 1. The van der Waals surface area contributed by atoms with E-state index in [0.717, 1.165) is 16.3 Å². The second-order valence-corrected chi connectivity index (χ2v) is 9.76. The summed E-state index contributed by atoms with van der Waals surface area (Å²) in [5.41, 5.74) is 4.38. The summed E-state index contributed by atoms with van der Waals surface area (Å²) in [5, 5.41) is 15.5. The molecule has 0 spiro atoms. The van der Waals surface area contributed by atoms with Crippen molar-refractivity contribution in [3.05, 3.63) is 59.2 Å². The molecule has 1 amide bonds. The molecule has 0 atom stereocenters. The van der Waals surface area contributed by atoms with Gasteiger partial charge in [0.25, 0.3) is 5.91 Å². The first-order valence-corrected chi connectivity index (χ1v) is 12.6. The molecule has 0 fully saturated rings. The van der Waals surface area contributed by atoms with Crippen molar-refractivity contribution in [2.24, 2.45) is 0 Å². The number of nitriles is 1. The number of pyridine rings is 1. The fourth-order valence-corrected chi connectivity index (χ4v) is 3.71. The molecule has 0 aliphatic rings. The summed E-state index contributed by atoms with van der Waals surface area (Å²) in [5.74, 6) is 0.906. The van der Waals surface area contributed by atoms with Gasteiger partial charge in [0.2, 0.25) is 10.0 Å². The third kappa shape index (κ3) is 6.44. The first-order chi connectivity index (χ1) is 17.0. The highest BCUT2D eigenvalue weighted by Gasteiger charge is 2.20. The number of amides is 1. The molecule has 0 aliphatic carbocycles. The number of aromatic nitrogens is 3. The Morgan fingerprint density at radius 1 is 1.11 bits per heavy atom. The third-order valence-electron chi connectivity index (χ3n) is 4.91. The molecule has 0 bridgehead atoms. The number of nitrogens with one attached hydrogen (secondary N) is 3. The molecule has 0 aliphatic heterocycles. The van der Waals surface area contributed by atoms with Gasteiger partial charge in [-0.1, -0.05) is 0 Å². The molecular formula is C23H26N8O4S. The molecule has 3 rings (SSSR count). The van der Waals surface area contributed by atoms with Crippen molar-refractivity contribution < 1.29 is 18.0 Å². The molecule has 13 heteroatoms. The summed E-state index contributed by atoms with van der Waals surface area (Å²) in [6.07, 6.45) is 2.40. The van der Waals surface area contributed by atoms with E-state index in [9.17, 15) is 18.5 Å². The fourth-order valence-electron chi connectivity index (χ4n) is 3.20. The van der Waals surface area contributed by atoms with Crippen LogP contribution in [0.4, 0.5) is 28.7 Å². The number of benzene rings is 1. The van der Waals surface area contributed by atoms with E-state index in [4.69, 9.17) is 4.84 Å². The van der Waals surface area contributed by atoms with Gasteiger partial charge < -0.3 is 10.6 Å². The number of hydrogen-bond donors (Lipinski definition) is 3. The lowest BCUT2D eigenvalue weighted by Gasteiger charge is -2.22. The van der Waals surface area contributed by atoms with Crippen LogP contribution in [0.15, 0.2) is 36.5 Å². The smallest absolute Gasteiger partial charge is 0.278 e. The zero-order chi connectivity index (χ0) is 26.5. The van der Waals surface area contributed by atoms with Crippen LogP contribution in [-0.4, -0.2) is 49.2 Å². The Kier molecular flexibility index (Phi) is 8.03. The molecule has 2 aromatic heterocycles. The molecule has 0 unspecified atom stereocenters. The summed E-state index contributed by atoms with van der Waals surface area (Å²) >= 11 is 0. The van der Waals surface area contributed by atoms with E-state index in [1.165, 1.54) is 25.4 Å². The molecule has 0 saturated heterocycles. The number of hydroxylamine groups is 1. The quantitative estimate of drug-likeness (QED) is 0.365. The lowest BCUT2D eigenvalue weighted by molar-refractivity contribution is 0.0365. The van der Waals surface area contributed by atoms with Gasteiger partial charge in [0, 0.05) is 31.1 Å². The number of anilines is 5. The number of carbonyl (C=O) groups excluding carboxylic acids is 1. The third-order valence-corrected chi connectivity index (χ3v) is 6.10. The van der Waals surface area contributed by atoms with Crippen LogP contribution in [0.2, 0.25) is 0 Å². The number of aryl methyl sites for hydroxylation is 2. The molecular weight excluding hydrogens is 484 g/mol. The maximum Gasteiger partial charge on any atom is 0.278 e. The van der Waals surface area contributed by atoms with Crippen molar-refractivity contribution in [2.45, 2.75) is 20.8 Å². The Labute approximate surface area is 209 Å². The van der Waals surface area contributed by atoms with Crippen LogP contribution in [0, 0.1) is 25.2 Å². The lowest BCUT2D eigenvalue weighted by atomic mass is 10.1. The van der Waals surface area contributed by atoms with Crippen LogP contribution < -0.4 is 20.4 Å². The normalized spacial score (nSPS) is 10.9. The van der Waals surface area contributed by atoms with Gasteiger partial charge in [0.15, 0.2) is 0 Å².